The minimum absolute atomic E-state index is 0.0810. The molecule has 1 unspecified atom stereocenters. The number of rotatable bonds is 7. The monoisotopic (exact) mass is 406 g/mol. The zero-order chi connectivity index (χ0) is 22.8. The summed E-state index contributed by atoms with van der Waals surface area (Å²) in [5, 5.41) is 0. The molecular weight excluding hydrogens is 364 g/mol. The summed E-state index contributed by atoms with van der Waals surface area (Å²) in [6, 6.07) is 17.3. The molecule has 0 saturated heterocycles. The Kier molecular flexibility index (Phi) is 10.0. The average Bonchev–Trinajstić information content (AvgIpc) is 2.68. The first-order valence-corrected chi connectivity index (χ1v) is 11.1. The molecule has 2 aromatic carbocycles. The third-order valence-electron chi connectivity index (χ3n) is 5.49. The summed E-state index contributed by atoms with van der Waals surface area (Å²) in [5.41, 5.74) is 11.5. The van der Waals surface area contributed by atoms with Gasteiger partial charge in [-0.2, -0.15) is 0 Å². The SMILES string of the molecule is C=CC.CCCC(C)(CCc1ccc(C)cc1)C(N)=Nc1ccc(C(C)(C)C)cc1. The Bertz CT molecular complexity index is 792. The maximum atomic E-state index is 6.53. The fourth-order valence-corrected chi connectivity index (χ4v) is 3.42. The molecule has 0 amide bonds. The van der Waals surface area contributed by atoms with Gasteiger partial charge in [-0.25, -0.2) is 4.99 Å². The van der Waals surface area contributed by atoms with Crippen molar-refractivity contribution in [3.05, 3.63) is 77.9 Å². The van der Waals surface area contributed by atoms with Crippen LogP contribution in [0.15, 0.2) is 66.2 Å². The number of nitrogens with two attached hydrogens (primary N) is 1. The van der Waals surface area contributed by atoms with Crippen molar-refractivity contribution in [1.82, 2.24) is 0 Å². The van der Waals surface area contributed by atoms with Gasteiger partial charge in [0.05, 0.1) is 5.69 Å². The second-order valence-electron chi connectivity index (χ2n) is 9.50. The molecule has 0 fully saturated rings. The average molecular weight is 407 g/mol. The molecule has 0 aliphatic heterocycles. The molecule has 0 radical (unpaired) electrons. The normalized spacial score (nSPS) is 13.8. The van der Waals surface area contributed by atoms with Crippen LogP contribution in [0.5, 0.6) is 0 Å². The van der Waals surface area contributed by atoms with Crippen molar-refractivity contribution < 1.29 is 0 Å². The first kappa shape index (κ1) is 25.7. The fourth-order valence-electron chi connectivity index (χ4n) is 3.42. The van der Waals surface area contributed by atoms with Crippen LogP contribution in [0, 0.1) is 12.3 Å². The molecule has 2 N–H and O–H groups in total. The topological polar surface area (TPSA) is 38.4 Å². The molecule has 0 saturated carbocycles. The van der Waals surface area contributed by atoms with Crippen molar-refractivity contribution in [3.63, 3.8) is 0 Å². The predicted octanol–water partition coefficient (Wildman–Crippen LogP) is 7.91. The van der Waals surface area contributed by atoms with Crippen LogP contribution in [0.2, 0.25) is 0 Å². The minimum Gasteiger partial charge on any atom is -0.387 e. The first-order valence-electron chi connectivity index (χ1n) is 11.1. The number of hydrogen-bond acceptors (Lipinski definition) is 1. The number of allylic oxidation sites excluding steroid dienone is 1. The molecule has 164 valence electrons. The summed E-state index contributed by atoms with van der Waals surface area (Å²) in [4.78, 5) is 4.79. The highest BCUT2D eigenvalue weighted by atomic mass is 14.9. The highest BCUT2D eigenvalue weighted by Gasteiger charge is 2.28. The molecule has 2 aromatic rings. The zero-order valence-electron chi connectivity index (χ0n) is 20.3. The third kappa shape index (κ3) is 8.18. The minimum atomic E-state index is -0.0810. The van der Waals surface area contributed by atoms with Gasteiger partial charge in [-0.1, -0.05) is 89.1 Å². The lowest BCUT2D eigenvalue weighted by molar-refractivity contribution is 0.386. The quantitative estimate of drug-likeness (QED) is 0.283. The number of aliphatic imine (C=N–C) groups is 1. The van der Waals surface area contributed by atoms with Gasteiger partial charge in [0, 0.05) is 5.41 Å². The van der Waals surface area contributed by atoms with E-state index in [4.69, 9.17) is 10.7 Å². The molecular formula is C28H42N2. The second kappa shape index (κ2) is 11.7. The highest BCUT2D eigenvalue weighted by Crippen LogP contribution is 2.32. The number of aryl methyl sites for hydroxylation is 2. The second-order valence-corrected chi connectivity index (χ2v) is 9.50. The summed E-state index contributed by atoms with van der Waals surface area (Å²) in [6.45, 7) is 18.5. The van der Waals surface area contributed by atoms with Gasteiger partial charge in [0.15, 0.2) is 0 Å². The Morgan fingerprint density at radius 2 is 1.50 bits per heavy atom. The van der Waals surface area contributed by atoms with Crippen LogP contribution < -0.4 is 5.73 Å². The van der Waals surface area contributed by atoms with E-state index in [1.54, 1.807) is 6.08 Å². The summed E-state index contributed by atoms with van der Waals surface area (Å²) in [7, 11) is 0. The van der Waals surface area contributed by atoms with E-state index in [9.17, 15) is 0 Å². The van der Waals surface area contributed by atoms with Crippen LogP contribution in [-0.2, 0) is 11.8 Å². The molecule has 0 aliphatic rings. The molecule has 2 heteroatoms. The molecule has 0 heterocycles. The standard InChI is InChI=1S/C25H36N2.C3H6/c1-7-17-25(6,18-16-20-10-8-19(2)9-11-20)23(26)27-22-14-12-21(13-15-22)24(3,4)5;1-3-2/h8-15H,7,16-18H2,1-6H3,(H2,26,27);3H,1H2,2H3. The van der Waals surface area contributed by atoms with Gasteiger partial charge in [0.1, 0.15) is 5.84 Å². The predicted molar refractivity (Wildman–Crippen MR) is 135 cm³/mol. The van der Waals surface area contributed by atoms with Gasteiger partial charge in [0.25, 0.3) is 0 Å². The lowest BCUT2D eigenvalue weighted by atomic mass is 9.79. The van der Waals surface area contributed by atoms with Crippen LogP contribution in [0.25, 0.3) is 0 Å². The first-order chi connectivity index (χ1) is 14.1. The highest BCUT2D eigenvalue weighted by molar-refractivity contribution is 5.88. The number of amidine groups is 1. The van der Waals surface area contributed by atoms with E-state index in [1.807, 2.05) is 6.92 Å². The largest absolute Gasteiger partial charge is 0.387 e. The van der Waals surface area contributed by atoms with Crippen molar-refractivity contribution in [1.29, 1.82) is 0 Å². The van der Waals surface area contributed by atoms with Crippen molar-refractivity contribution in [2.45, 2.75) is 79.6 Å². The lowest BCUT2D eigenvalue weighted by Gasteiger charge is -2.29. The van der Waals surface area contributed by atoms with Gasteiger partial charge in [-0.15, -0.1) is 6.58 Å². The number of benzene rings is 2. The number of hydrogen-bond donors (Lipinski definition) is 1. The van der Waals surface area contributed by atoms with Crippen LogP contribution in [0.4, 0.5) is 5.69 Å². The summed E-state index contributed by atoms with van der Waals surface area (Å²) < 4.78 is 0. The van der Waals surface area contributed by atoms with E-state index in [0.717, 1.165) is 37.2 Å². The lowest BCUT2D eigenvalue weighted by Crippen LogP contribution is -2.35. The van der Waals surface area contributed by atoms with E-state index < -0.39 is 0 Å². The molecule has 2 rings (SSSR count). The molecule has 0 spiro atoms. The molecule has 0 aromatic heterocycles. The molecule has 0 bridgehead atoms. The van der Waals surface area contributed by atoms with Gasteiger partial charge in [0.2, 0.25) is 0 Å². The van der Waals surface area contributed by atoms with Gasteiger partial charge in [-0.05, 0) is 61.8 Å². The van der Waals surface area contributed by atoms with Gasteiger partial charge >= 0.3 is 0 Å². The molecule has 30 heavy (non-hydrogen) atoms. The van der Waals surface area contributed by atoms with E-state index in [1.165, 1.54) is 16.7 Å². The van der Waals surface area contributed by atoms with Crippen molar-refractivity contribution in [2.75, 3.05) is 0 Å². The Labute approximate surface area is 185 Å². The zero-order valence-corrected chi connectivity index (χ0v) is 20.3. The van der Waals surface area contributed by atoms with Crippen molar-refractivity contribution >= 4 is 11.5 Å². The Morgan fingerprint density at radius 1 is 0.967 bits per heavy atom. The summed E-state index contributed by atoms with van der Waals surface area (Å²) in [5.74, 6) is 0.750. The summed E-state index contributed by atoms with van der Waals surface area (Å²) >= 11 is 0. The Morgan fingerprint density at radius 3 is 1.97 bits per heavy atom. The third-order valence-corrected chi connectivity index (χ3v) is 5.49. The van der Waals surface area contributed by atoms with E-state index in [-0.39, 0.29) is 10.8 Å². The van der Waals surface area contributed by atoms with Crippen molar-refractivity contribution in [2.24, 2.45) is 16.1 Å². The van der Waals surface area contributed by atoms with Crippen LogP contribution in [0.1, 0.15) is 77.5 Å². The summed E-state index contributed by atoms with van der Waals surface area (Å²) in [6.07, 6.45) is 5.94. The molecule has 1 atom stereocenters. The fraction of sp³-hybridized carbons (Fsp3) is 0.464. The van der Waals surface area contributed by atoms with E-state index >= 15 is 0 Å². The maximum absolute atomic E-state index is 6.53. The molecule has 2 nitrogen and oxygen atoms in total. The maximum Gasteiger partial charge on any atom is 0.106 e. The van der Waals surface area contributed by atoms with Crippen molar-refractivity contribution in [3.8, 4) is 0 Å². The Hall–Kier alpha value is -2.35. The number of nitrogens with zero attached hydrogens (tertiary/aromatic N) is 1. The van der Waals surface area contributed by atoms with Crippen LogP contribution in [-0.4, -0.2) is 5.84 Å². The van der Waals surface area contributed by atoms with Crippen LogP contribution in [0.3, 0.4) is 0 Å². The molecule has 0 aliphatic carbocycles. The smallest absolute Gasteiger partial charge is 0.106 e. The van der Waals surface area contributed by atoms with Gasteiger partial charge in [-0.3, -0.25) is 0 Å². The van der Waals surface area contributed by atoms with E-state index in [0.29, 0.717) is 0 Å². The van der Waals surface area contributed by atoms with Crippen LogP contribution >= 0.6 is 0 Å². The Balaban J connectivity index is 0.00000141. The van der Waals surface area contributed by atoms with Gasteiger partial charge < -0.3 is 5.73 Å². The van der Waals surface area contributed by atoms with E-state index in [2.05, 4.69) is 96.7 Å².